The lowest BCUT2D eigenvalue weighted by Crippen LogP contribution is -1.83. The molecule has 1 aromatic carbocycles. The summed E-state index contributed by atoms with van der Waals surface area (Å²) in [6, 6.07) is 10.7. The Kier molecular flexibility index (Phi) is 5.75. The average Bonchev–Trinajstić information content (AvgIpc) is 2.19. The molecule has 0 atom stereocenters. The van der Waals surface area contributed by atoms with Crippen molar-refractivity contribution in [1.82, 2.24) is 0 Å². The second-order valence-electron chi connectivity index (χ2n) is 3.25. The minimum Gasteiger partial charge on any atom is -0.157 e. The van der Waals surface area contributed by atoms with Crippen LogP contribution in [-0.2, 0) is 5.75 Å². The van der Waals surface area contributed by atoms with Crippen molar-refractivity contribution in [3.63, 3.8) is 0 Å². The Morgan fingerprint density at radius 2 is 1.85 bits per heavy atom. The van der Waals surface area contributed by atoms with Crippen LogP contribution >= 0.6 is 11.8 Å². The van der Waals surface area contributed by atoms with Crippen LogP contribution in [0.1, 0.15) is 31.7 Å². The molecule has 0 aromatic heterocycles. The quantitative estimate of drug-likeness (QED) is 0.614. The number of unbranched alkanes of at least 4 members (excludes halogenated alkanes) is 2. The molecule has 72 valence electrons. The summed E-state index contributed by atoms with van der Waals surface area (Å²) < 4.78 is 0. The van der Waals surface area contributed by atoms with Crippen molar-refractivity contribution in [3.05, 3.63) is 35.9 Å². The Morgan fingerprint density at radius 3 is 2.54 bits per heavy atom. The van der Waals surface area contributed by atoms with E-state index in [9.17, 15) is 0 Å². The first-order valence-electron chi connectivity index (χ1n) is 5.05. The molecule has 0 saturated carbocycles. The molecule has 0 bridgehead atoms. The lowest BCUT2D eigenvalue weighted by molar-refractivity contribution is 0.778. The van der Waals surface area contributed by atoms with E-state index < -0.39 is 0 Å². The van der Waals surface area contributed by atoms with Gasteiger partial charge in [0.25, 0.3) is 0 Å². The zero-order valence-corrected chi connectivity index (χ0v) is 9.15. The summed E-state index contributed by atoms with van der Waals surface area (Å²) in [6.07, 6.45) is 4.07. The first-order valence-corrected chi connectivity index (χ1v) is 6.20. The molecule has 1 aromatic rings. The standard InChI is InChI=1S/C12H18S/c1-2-3-7-10-13-11-12-8-5-4-6-9-12/h4-6,8-9H,2-3,7,10-11H2,1H3. The van der Waals surface area contributed by atoms with Gasteiger partial charge in [-0.15, -0.1) is 0 Å². The summed E-state index contributed by atoms with van der Waals surface area (Å²) in [4.78, 5) is 0. The van der Waals surface area contributed by atoms with Gasteiger partial charge in [-0.1, -0.05) is 50.1 Å². The molecule has 1 rings (SSSR count). The third-order valence-electron chi connectivity index (χ3n) is 2.00. The van der Waals surface area contributed by atoms with Crippen LogP contribution in [0.4, 0.5) is 0 Å². The highest BCUT2D eigenvalue weighted by molar-refractivity contribution is 7.98. The van der Waals surface area contributed by atoms with E-state index in [0.717, 1.165) is 0 Å². The van der Waals surface area contributed by atoms with E-state index in [2.05, 4.69) is 37.3 Å². The van der Waals surface area contributed by atoms with E-state index in [-0.39, 0.29) is 0 Å². The number of hydrogen-bond donors (Lipinski definition) is 0. The fourth-order valence-corrected chi connectivity index (χ4v) is 2.20. The van der Waals surface area contributed by atoms with Gasteiger partial charge in [-0.05, 0) is 17.7 Å². The number of rotatable bonds is 6. The predicted molar refractivity (Wildman–Crippen MR) is 62.1 cm³/mol. The van der Waals surface area contributed by atoms with Crippen LogP contribution < -0.4 is 0 Å². The highest BCUT2D eigenvalue weighted by Crippen LogP contribution is 2.13. The average molecular weight is 194 g/mol. The van der Waals surface area contributed by atoms with Crippen molar-refractivity contribution >= 4 is 11.8 Å². The molecule has 0 spiro atoms. The van der Waals surface area contributed by atoms with Gasteiger partial charge in [0.05, 0.1) is 0 Å². The summed E-state index contributed by atoms with van der Waals surface area (Å²) in [7, 11) is 0. The highest BCUT2D eigenvalue weighted by Gasteiger charge is 1.91. The zero-order chi connectivity index (χ0) is 9.36. The van der Waals surface area contributed by atoms with Gasteiger partial charge in [-0.25, -0.2) is 0 Å². The fourth-order valence-electron chi connectivity index (χ4n) is 1.22. The fraction of sp³-hybridized carbons (Fsp3) is 0.500. The van der Waals surface area contributed by atoms with E-state index >= 15 is 0 Å². The second-order valence-corrected chi connectivity index (χ2v) is 4.35. The van der Waals surface area contributed by atoms with Gasteiger partial charge in [0.2, 0.25) is 0 Å². The first kappa shape index (κ1) is 10.6. The molecule has 0 unspecified atom stereocenters. The minimum atomic E-state index is 1.17. The Morgan fingerprint density at radius 1 is 1.08 bits per heavy atom. The maximum absolute atomic E-state index is 2.25. The van der Waals surface area contributed by atoms with Crippen LogP contribution in [0.3, 0.4) is 0 Å². The van der Waals surface area contributed by atoms with Gasteiger partial charge < -0.3 is 0 Å². The lowest BCUT2D eigenvalue weighted by atomic mass is 10.2. The van der Waals surface area contributed by atoms with E-state index in [4.69, 9.17) is 0 Å². The van der Waals surface area contributed by atoms with Crippen molar-refractivity contribution in [1.29, 1.82) is 0 Å². The van der Waals surface area contributed by atoms with Gasteiger partial charge in [-0.2, -0.15) is 11.8 Å². The largest absolute Gasteiger partial charge is 0.157 e. The lowest BCUT2D eigenvalue weighted by Gasteiger charge is -2.00. The summed E-state index contributed by atoms with van der Waals surface area (Å²) in [5.74, 6) is 2.48. The number of thioether (sulfide) groups is 1. The number of benzene rings is 1. The minimum absolute atomic E-state index is 1.17. The van der Waals surface area contributed by atoms with E-state index in [1.54, 1.807) is 0 Å². The Hall–Kier alpha value is -0.430. The van der Waals surface area contributed by atoms with Crippen LogP contribution in [0.5, 0.6) is 0 Å². The van der Waals surface area contributed by atoms with Crippen molar-refractivity contribution < 1.29 is 0 Å². The molecule has 1 heteroatoms. The molecular weight excluding hydrogens is 176 g/mol. The topological polar surface area (TPSA) is 0 Å². The van der Waals surface area contributed by atoms with Gasteiger partial charge in [0.1, 0.15) is 0 Å². The summed E-state index contributed by atoms with van der Waals surface area (Å²) >= 11 is 2.05. The third kappa shape index (κ3) is 4.99. The Bertz CT molecular complexity index is 206. The summed E-state index contributed by atoms with van der Waals surface area (Å²) in [5.41, 5.74) is 1.45. The van der Waals surface area contributed by atoms with Gasteiger partial charge in [0, 0.05) is 5.75 Å². The van der Waals surface area contributed by atoms with Crippen molar-refractivity contribution in [2.45, 2.75) is 31.9 Å². The SMILES string of the molecule is CCCCCSCc1ccccc1. The molecule has 0 N–H and O–H groups in total. The highest BCUT2D eigenvalue weighted by atomic mass is 32.2. The molecule has 0 aliphatic heterocycles. The maximum Gasteiger partial charge on any atom is 0.0184 e. The number of hydrogen-bond acceptors (Lipinski definition) is 1. The molecule has 0 aliphatic carbocycles. The van der Waals surface area contributed by atoms with Gasteiger partial charge in [-0.3, -0.25) is 0 Å². The Labute approximate surface area is 85.7 Å². The van der Waals surface area contributed by atoms with E-state index in [1.807, 2.05) is 11.8 Å². The molecule has 0 aliphatic rings. The molecule has 0 amide bonds. The van der Waals surface area contributed by atoms with Gasteiger partial charge >= 0.3 is 0 Å². The molecule has 0 heterocycles. The summed E-state index contributed by atoms with van der Waals surface area (Å²) in [6.45, 7) is 2.25. The second kappa shape index (κ2) is 7.02. The predicted octanol–water partition coefficient (Wildman–Crippen LogP) is 4.11. The van der Waals surface area contributed by atoms with Crippen LogP contribution in [-0.4, -0.2) is 5.75 Å². The van der Waals surface area contributed by atoms with E-state index in [0.29, 0.717) is 0 Å². The Balaban J connectivity index is 2.07. The van der Waals surface area contributed by atoms with Crippen molar-refractivity contribution in [3.8, 4) is 0 Å². The van der Waals surface area contributed by atoms with Crippen LogP contribution in [0, 0.1) is 0 Å². The zero-order valence-electron chi connectivity index (χ0n) is 8.33. The molecule has 0 fully saturated rings. The van der Waals surface area contributed by atoms with E-state index in [1.165, 1.54) is 36.3 Å². The summed E-state index contributed by atoms with van der Waals surface area (Å²) in [5, 5.41) is 0. The van der Waals surface area contributed by atoms with Crippen molar-refractivity contribution in [2.75, 3.05) is 5.75 Å². The van der Waals surface area contributed by atoms with Gasteiger partial charge in [0.15, 0.2) is 0 Å². The van der Waals surface area contributed by atoms with Crippen LogP contribution in [0.15, 0.2) is 30.3 Å². The smallest absolute Gasteiger partial charge is 0.0184 e. The monoisotopic (exact) mass is 194 g/mol. The van der Waals surface area contributed by atoms with Crippen molar-refractivity contribution in [2.24, 2.45) is 0 Å². The van der Waals surface area contributed by atoms with Crippen LogP contribution in [0.2, 0.25) is 0 Å². The molecule has 0 saturated heterocycles. The first-order chi connectivity index (χ1) is 6.43. The molecular formula is C12H18S. The molecule has 13 heavy (non-hydrogen) atoms. The van der Waals surface area contributed by atoms with Crippen LogP contribution in [0.25, 0.3) is 0 Å². The molecule has 0 nitrogen and oxygen atoms in total. The third-order valence-corrected chi connectivity index (χ3v) is 3.12. The normalized spacial score (nSPS) is 10.2. The maximum atomic E-state index is 2.25. The molecule has 0 radical (unpaired) electrons.